The highest BCUT2D eigenvalue weighted by atomic mass is 35.5. The van der Waals surface area contributed by atoms with Crippen molar-refractivity contribution < 1.29 is 9.53 Å². The molecule has 156 valence electrons. The number of fused-ring (bicyclic) bond motifs is 1. The number of hydrogen-bond donors (Lipinski definition) is 0. The van der Waals surface area contributed by atoms with Crippen LogP contribution < -0.4 is 0 Å². The number of morpholine rings is 1. The Balaban J connectivity index is 1.62. The lowest BCUT2D eigenvalue weighted by Gasteiger charge is -2.32. The molecule has 1 fully saturated rings. The second-order valence-electron chi connectivity index (χ2n) is 7.49. The van der Waals surface area contributed by atoms with Crippen molar-refractivity contribution in [3.05, 3.63) is 57.2 Å². The number of alkyl halides is 1. The van der Waals surface area contributed by atoms with Gasteiger partial charge in [-0.05, 0) is 30.7 Å². The number of nitrogens with zero attached hydrogens (tertiary/aromatic N) is 3. The first kappa shape index (κ1) is 21.3. The van der Waals surface area contributed by atoms with E-state index in [9.17, 15) is 10.1 Å². The third-order valence-corrected chi connectivity index (χ3v) is 7.00. The van der Waals surface area contributed by atoms with Gasteiger partial charge in [-0.25, -0.2) is 0 Å². The Labute approximate surface area is 190 Å². The lowest BCUT2D eigenvalue weighted by Crippen LogP contribution is -2.43. The highest BCUT2D eigenvalue weighted by molar-refractivity contribution is 6.35. The quantitative estimate of drug-likeness (QED) is 0.633. The van der Waals surface area contributed by atoms with Gasteiger partial charge in [-0.2, -0.15) is 5.26 Å². The summed E-state index contributed by atoms with van der Waals surface area (Å²) in [6, 6.07) is 7.60. The molecule has 1 aliphatic carbocycles. The smallest absolute Gasteiger partial charge is 0.251 e. The molecule has 5 nitrogen and oxygen atoms in total. The van der Waals surface area contributed by atoms with E-state index in [1.165, 1.54) is 0 Å². The van der Waals surface area contributed by atoms with Crippen molar-refractivity contribution in [3.63, 3.8) is 0 Å². The van der Waals surface area contributed by atoms with Gasteiger partial charge in [0.1, 0.15) is 0 Å². The maximum Gasteiger partial charge on any atom is 0.251 e. The van der Waals surface area contributed by atoms with Gasteiger partial charge >= 0.3 is 0 Å². The molecule has 2 heterocycles. The third-order valence-electron chi connectivity index (χ3n) is 5.74. The van der Waals surface area contributed by atoms with Crippen LogP contribution in [0, 0.1) is 17.2 Å². The summed E-state index contributed by atoms with van der Waals surface area (Å²) in [6.45, 7) is 2.19. The number of hydrogen-bond acceptors (Lipinski definition) is 3. The van der Waals surface area contributed by atoms with E-state index in [4.69, 9.17) is 39.5 Å². The van der Waals surface area contributed by atoms with E-state index in [-0.39, 0.29) is 11.8 Å². The van der Waals surface area contributed by atoms with Crippen molar-refractivity contribution in [2.75, 3.05) is 26.3 Å². The van der Waals surface area contributed by atoms with Crippen molar-refractivity contribution in [3.8, 4) is 6.07 Å². The van der Waals surface area contributed by atoms with Crippen LogP contribution in [0.3, 0.4) is 0 Å². The zero-order chi connectivity index (χ0) is 21.4. The van der Waals surface area contributed by atoms with Crippen molar-refractivity contribution in [2.45, 2.75) is 11.8 Å². The minimum atomic E-state index is -0.541. The molecule has 0 saturated carbocycles. The molecule has 0 radical (unpaired) electrons. The van der Waals surface area contributed by atoms with Gasteiger partial charge < -0.3 is 14.2 Å². The van der Waals surface area contributed by atoms with Crippen LogP contribution in [0.1, 0.15) is 11.3 Å². The monoisotopic (exact) mass is 463 g/mol. The van der Waals surface area contributed by atoms with Crippen LogP contribution in [-0.4, -0.2) is 47.1 Å². The average Bonchev–Trinajstić information content (AvgIpc) is 3.07. The summed E-state index contributed by atoms with van der Waals surface area (Å²) in [5.41, 5.74) is 2.91. The van der Waals surface area contributed by atoms with Crippen molar-refractivity contribution >= 4 is 51.6 Å². The number of aromatic nitrogens is 1. The normalized spacial score (nSPS) is 21.9. The van der Waals surface area contributed by atoms with E-state index in [2.05, 4.69) is 6.07 Å². The Morgan fingerprint density at radius 1 is 1.23 bits per heavy atom. The second-order valence-corrected chi connectivity index (χ2v) is 8.80. The van der Waals surface area contributed by atoms with Gasteiger partial charge in [-0.1, -0.05) is 29.3 Å². The fourth-order valence-corrected chi connectivity index (χ4v) is 5.00. The van der Waals surface area contributed by atoms with E-state index in [1.54, 1.807) is 23.1 Å². The molecule has 0 spiro atoms. The lowest BCUT2D eigenvalue weighted by molar-refractivity contribution is -0.131. The number of aryl methyl sites for hydroxylation is 1. The second kappa shape index (κ2) is 8.64. The molecule has 1 aromatic heterocycles. The van der Waals surface area contributed by atoms with Crippen LogP contribution >= 0.6 is 34.8 Å². The minimum Gasteiger partial charge on any atom is -0.378 e. The summed E-state index contributed by atoms with van der Waals surface area (Å²) in [7, 11) is 1.93. The molecule has 1 saturated heterocycles. The molecular formula is C22H20Cl3N3O2. The van der Waals surface area contributed by atoms with E-state index >= 15 is 0 Å². The Morgan fingerprint density at radius 3 is 2.67 bits per heavy atom. The minimum absolute atomic E-state index is 0.0672. The predicted octanol–water partition coefficient (Wildman–Crippen LogP) is 4.39. The molecule has 2 aromatic rings. The zero-order valence-corrected chi connectivity index (χ0v) is 18.6. The van der Waals surface area contributed by atoms with Crippen LogP contribution in [0.15, 0.2) is 41.0 Å². The highest BCUT2D eigenvalue weighted by Crippen LogP contribution is 2.37. The summed E-state index contributed by atoms with van der Waals surface area (Å²) < 4.78 is 7.33. The Bertz CT molecular complexity index is 1110. The fourth-order valence-electron chi connectivity index (χ4n) is 4.01. The predicted molar refractivity (Wildman–Crippen MR) is 119 cm³/mol. The van der Waals surface area contributed by atoms with Crippen LogP contribution in [0.5, 0.6) is 0 Å². The average molecular weight is 465 g/mol. The van der Waals surface area contributed by atoms with E-state index in [0.717, 1.165) is 16.6 Å². The molecule has 30 heavy (non-hydrogen) atoms. The van der Waals surface area contributed by atoms with Gasteiger partial charge in [0.05, 0.1) is 40.8 Å². The zero-order valence-electron chi connectivity index (χ0n) is 16.4. The molecule has 0 N–H and O–H groups in total. The molecule has 1 aromatic carbocycles. The highest BCUT2D eigenvalue weighted by Gasteiger charge is 2.34. The van der Waals surface area contributed by atoms with Crippen LogP contribution in [0.25, 0.3) is 10.9 Å². The molecule has 2 aliphatic rings. The van der Waals surface area contributed by atoms with Gasteiger partial charge in [0, 0.05) is 47.7 Å². The Morgan fingerprint density at radius 2 is 1.97 bits per heavy atom. The molecule has 2 atom stereocenters. The van der Waals surface area contributed by atoms with Gasteiger partial charge in [0.25, 0.3) is 5.91 Å². The maximum atomic E-state index is 13.0. The molecule has 1 aliphatic heterocycles. The number of carbonyl (C=O) groups is 1. The molecule has 2 unspecified atom stereocenters. The first-order chi connectivity index (χ1) is 14.4. The first-order valence-corrected chi connectivity index (χ1v) is 10.9. The molecule has 4 rings (SSSR count). The molecule has 1 amide bonds. The number of carbonyl (C=O) groups excluding carboxylic acids is 1. The van der Waals surface area contributed by atoms with Gasteiger partial charge in [-0.15, -0.1) is 11.6 Å². The number of nitriles is 1. The van der Waals surface area contributed by atoms with Gasteiger partial charge in [0.15, 0.2) is 0 Å². The summed E-state index contributed by atoms with van der Waals surface area (Å²) in [5.74, 6) is -0.307. The van der Waals surface area contributed by atoms with Crippen molar-refractivity contribution in [2.24, 2.45) is 13.0 Å². The van der Waals surface area contributed by atoms with E-state index < -0.39 is 5.38 Å². The van der Waals surface area contributed by atoms with Crippen LogP contribution in [0.2, 0.25) is 5.02 Å². The summed E-state index contributed by atoms with van der Waals surface area (Å²) in [5, 5.41) is 10.7. The number of benzene rings is 1. The van der Waals surface area contributed by atoms with Crippen LogP contribution in [0.4, 0.5) is 0 Å². The van der Waals surface area contributed by atoms with Crippen molar-refractivity contribution in [1.29, 1.82) is 5.26 Å². The topological polar surface area (TPSA) is 58.3 Å². The number of rotatable bonds is 3. The largest absolute Gasteiger partial charge is 0.378 e. The van der Waals surface area contributed by atoms with E-state index in [0.29, 0.717) is 53.9 Å². The Hall–Kier alpha value is -1.97. The molecule has 0 bridgehead atoms. The van der Waals surface area contributed by atoms with Crippen LogP contribution in [-0.2, 0) is 23.0 Å². The SMILES string of the molecule is Cn1c(CC2C(Cl)=CC=C(C(=O)N3CCOCC3)C2Cl)cc2c(Cl)cc(C#N)cc21. The number of halogens is 3. The summed E-state index contributed by atoms with van der Waals surface area (Å²) >= 11 is 19.7. The fraction of sp³-hybridized carbons (Fsp3) is 0.364. The Kier molecular flexibility index (Phi) is 6.13. The molecule has 8 heteroatoms. The summed E-state index contributed by atoms with van der Waals surface area (Å²) in [6.07, 6.45) is 4.04. The standard InChI is InChI=1S/C22H20Cl3N3O2/c1-27-14(10-16-19(24)8-13(12-26)9-20(16)27)11-17-18(23)3-2-15(21(17)25)22(29)28-4-6-30-7-5-28/h2-3,8-10,17,21H,4-7,11H2,1H3. The first-order valence-electron chi connectivity index (χ1n) is 9.67. The number of ether oxygens (including phenoxy) is 1. The van der Waals surface area contributed by atoms with Gasteiger partial charge in [-0.3, -0.25) is 4.79 Å². The van der Waals surface area contributed by atoms with E-state index in [1.807, 2.05) is 23.7 Å². The third kappa shape index (κ3) is 3.86. The number of allylic oxidation sites excluding steroid dienone is 3. The lowest BCUT2D eigenvalue weighted by atomic mass is 9.88. The number of amides is 1. The summed E-state index contributed by atoms with van der Waals surface area (Å²) in [4.78, 5) is 14.8. The molecular weight excluding hydrogens is 445 g/mol. The maximum absolute atomic E-state index is 13.0. The van der Waals surface area contributed by atoms with Crippen molar-refractivity contribution in [1.82, 2.24) is 9.47 Å². The van der Waals surface area contributed by atoms with Gasteiger partial charge in [0.2, 0.25) is 0 Å².